The van der Waals surface area contributed by atoms with Gasteiger partial charge in [-0.15, -0.1) is 0 Å². The van der Waals surface area contributed by atoms with E-state index >= 15 is 0 Å². The molecule has 3 aromatic rings. The number of ether oxygens (including phenoxy) is 1. The molecule has 2 nitrogen and oxygen atoms in total. The van der Waals surface area contributed by atoms with E-state index in [0.717, 1.165) is 39.2 Å². The third-order valence-electron chi connectivity index (χ3n) is 3.51. The van der Waals surface area contributed by atoms with Gasteiger partial charge in [0.15, 0.2) is 0 Å². The first-order chi connectivity index (χ1) is 10.3. The van der Waals surface area contributed by atoms with Crippen molar-refractivity contribution in [1.29, 1.82) is 0 Å². The van der Waals surface area contributed by atoms with Gasteiger partial charge in [-0.1, -0.05) is 54.1 Å². The molecule has 0 bridgehead atoms. The van der Waals surface area contributed by atoms with Gasteiger partial charge in [0.1, 0.15) is 5.75 Å². The van der Waals surface area contributed by atoms with Crippen molar-refractivity contribution < 1.29 is 4.74 Å². The highest BCUT2D eigenvalue weighted by atomic mass is 35.5. The molecule has 0 aliphatic carbocycles. The van der Waals surface area contributed by atoms with Crippen LogP contribution < -0.4 is 10.5 Å². The van der Waals surface area contributed by atoms with Crippen LogP contribution in [0.3, 0.4) is 0 Å². The summed E-state index contributed by atoms with van der Waals surface area (Å²) >= 11 is 6.21. The van der Waals surface area contributed by atoms with Crippen LogP contribution in [0, 0.1) is 0 Å². The number of nitrogen functional groups attached to an aromatic ring is 1. The summed E-state index contributed by atoms with van der Waals surface area (Å²) in [5.41, 5.74) is 7.85. The second kappa shape index (κ2) is 6.06. The lowest BCUT2D eigenvalue weighted by Gasteiger charge is -2.11. The molecule has 2 N–H and O–H groups in total. The van der Waals surface area contributed by atoms with Crippen molar-refractivity contribution in [2.45, 2.75) is 6.42 Å². The van der Waals surface area contributed by atoms with Crippen molar-refractivity contribution in [1.82, 2.24) is 0 Å². The van der Waals surface area contributed by atoms with E-state index in [2.05, 4.69) is 0 Å². The quantitative estimate of drug-likeness (QED) is 0.709. The SMILES string of the molecule is Nc1ccccc1CCOc1ccc(Cl)c2ccccc12. The fourth-order valence-corrected chi connectivity index (χ4v) is 2.62. The van der Waals surface area contributed by atoms with Gasteiger partial charge < -0.3 is 10.5 Å². The fraction of sp³-hybridized carbons (Fsp3) is 0.111. The average molecular weight is 298 g/mol. The number of para-hydroxylation sites is 1. The van der Waals surface area contributed by atoms with Crippen LogP contribution >= 0.6 is 11.6 Å². The maximum atomic E-state index is 6.21. The van der Waals surface area contributed by atoms with Gasteiger partial charge in [-0.3, -0.25) is 0 Å². The van der Waals surface area contributed by atoms with Gasteiger partial charge in [-0.2, -0.15) is 0 Å². The molecule has 0 aromatic heterocycles. The minimum absolute atomic E-state index is 0.583. The first-order valence-corrected chi connectivity index (χ1v) is 7.27. The normalized spacial score (nSPS) is 10.7. The largest absolute Gasteiger partial charge is 0.493 e. The minimum Gasteiger partial charge on any atom is -0.493 e. The molecule has 3 heteroatoms. The van der Waals surface area contributed by atoms with Crippen molar-refractivity contribution in [2.24, 2.45) is 0 Å². The van der Waals surface area contributed by atoms with Crippen LogP contribution in [-0.2, 0) is 6.42 Å². The number of nitrogens with two attached hydrogens (primary N) is 1. The predicted octanol–water partition coefficient (Wildman–Crippen LogP) is 4.70. The maximum Gasteiger partial charge on any atom is 0.127 e. The summed E-state index contributed by atoms with van der Waals surface area (Å²) < 4.78 is 5.92. The van der Waals surface area contributed by atoms with Gasteiger partial charge in [0.25, 0.3) is 0 Å². The van der Waals surface area contributed by atoms with Crippen LogP contribution in [0.5, 0.6) is 5.75 Å². The second-order valence-electron chi connectivity index (χ2n) is 4.89. The number of halogens is 1. The Kier molecular flexibility index (Phi) is 3.98. The molecule has 3 rings (SSSR count). The molecule has 0 amide bonds. The zero-order valence-electron chi connectivity index (χ0n) is 11.6. The molecular formula is C18H16ClNO. The molecule has 0 spiro atoms. The molecular weight excluding hydrogens is 282 g/mol. The third-order valence-corrected chi connectivity index (χ3v) is 3.84. The highest BCUT2D eigenvalue weighted by molar-refractivity contribution is 6.35. The van der Waals surface area contributed by atoms with E-state index in [1.807, 2.05) is 60.7 Å². The zero-order valence-corrected chi connectivity index (χ0v) is 12.3. The topological polar surface area (TPSA) is 35.2 Å². The second-order valence-corrected chi connectivity index (χ2v) is 5.30. The molecule has 0 aliphatic rings. The van der Waals surface area contributed by atoms with E-state index in [9.17, 15) is 0 Å². The summed E-state index contributed by atoms with van der Waals surface area (Å²) in [5.74, 6) is 0.851. The molecule has 0 fully saturated rings. The standard InChI is InChI=1S/C18H16ClNO/c19-16-9-10-18(15-7-3-2-6-14(15)16)21-12-11-13-5-1-4-8-17(13)20/h1-10H,11-12,20H2. The molecule has 0 unspecified atom stereocenters. The van der Waals surface area contributed by atoms with E-state index < -0.39 is 0 Å². The Balaban J connectivity index is 1.77. The summed E-state index contributed by atoms with van der Waals surface area (Å²) in [5, 5.41) is 2.78. The average Bonchev–Trinajstić information content (AvgIpc) is 2.52. The Morgan fingerprint density at radius 1 is 0.857 bits per heavy atom. The third kappa shape index (κ3) is 2.96. The van der Waals surface area contributed by atoms with Crippen molar-refractivity contribution in [3.63, 3.8) is 0 Å². The van der Waals surface area contributed by atoms with Crippen molar-refractivity contribution in [3.05, 3.63) is 71.2 Å². The molecule has 0 heterocycles. The Bertz CT molecular complexity index is 770. The van der Waals surface area contributed by atoms with Gasteiger partial charge in [0.2, 0.25) is 0 Å². The number of rotatable bonds is 4. The van der Waals surface area contributed by atoms with Crippen LogP contribution in [0.2, 0.25) is 5.02 Å². The Morgan fingerprint density at radius 3 is 2.38 bits per heavy atom. The van der Waals surface area contributed by atoms with Gasteiger partial charge in [0, 0.05) is 27.9 Å². The Morgan fingerprint density at radius 2 is 1.57 bits per heavy atom. The van der Waals surface area contributed by atoms with Crippen LogP contribution in [-0.4, -0.2) is 6.61 Å². The Labute approximate surface area is 129 Å². The zero-order chi connectivity index (χ0) is 14.7. The van der Waals surface area contributed by atoms with Gasteiger partial charge >= 0.3 is 0 Å². The summed E-state index contributed by atoms with van der Waals surface area (Å²) in [6.07, 6.45) is 0.781. The van der Waals surface area contributed by atoms with Crippen molar-refractivity contribution in [3.8, 4) is 5.75 Å². The number of hydrogen-bond donors (Lipinski definition) is 1. The van der Waals surface area contributed by atoms with E-state index in [4.69, 9.17) is 22.1 Å². The summed E-state index contributed by atoms with van der Waals surface area (Å²) in [7, 11) is 0. The van der Waals surface area contributed by atoms with Crippen LogP contribution in [0.15, 0.2) is 60.7 Å². The summed E-state index contributed by atoms with van der Waals surface area (Å²) in [4.78, 5) is 0. The molecule has 0 saturated heterocycles. The van der Waals surface area contributed by atoms with Crippen molar-refractivity contribution >= 4 is 28.1 Å². The number of hydrogen-bond acceptors (Lipinski definition) is 2. The molecule has 21 heavy (non-hydrogen) atoms. The summed E-state index contributed by atoms with van der Waals surface area (Å²) in [6, 6.07) is 19.6. The number of benzene rings is 3. The van der Waals surface area contributed by atoms with Gasteiger partial charge in [-0.05, 0) is 23.8 Å². The smallest absolute Gasteiger partial charge is 0.127 e. The monoisotopic (exact) mass is 297 g/mol. The highest BCUT2D eigenvalue weighted by Gasteiger charge is 2.05. The molecule has 106 valence electrons. The lowest BCUT2D eigenvalue weighted by Crippen LogP contribution is -2.04. The molecule has 0 aliphatic heterocycles. The van der Waals surface area contributed by atoms with Gasteiger partial charge in [-0.25, -0.2) is 0 Å². The number of anilines is 1. The lowest BCUT2D eigenvalue weighted by atomic mass is 10.1. The molecule has 0 saturated carbocycles. The molecule has 0 atom stereocenters. The number of fused-ring (bicyclic) bond motifs is 1. The highest BCUT2D eigenvalue weighted by Crippen LogP contribution is 2.31. The van der Waals surface area contributed by atoms with Crippen LogP contribution in [0.1, 0.15) is 5.56 Å². The van der Waals surface area contributed by atoms with Crippen molar-refractivity contribution in [2.75, 3.05) is 12.3 Å². The van der Waals surface area contributed by atoms with Gasteiger partial charge in [0.05, 0.1) is 6.61 Å². The van der Waals surface area contributed by atoms with E-state index in [0.29, 0.717) is 6.61 Å². The molecule has 0 radical (unpaired) electrons. The van der Waals surface area contributed by atoms with Crippen LogP contribution in [0.4, 0.5) is 5.69 Å². The van der Waals surface area contributed by atoms with E-state index in [-0.39, 0.29) is 0 Å². The first kappa shape index (κ1) is 13.8. The maximum absolute atomic E-state index is 6.21. The van der Waals surface area contributed by atoms with E-state index in [1.54, 1.807) is 0 Å². The Hall–Kier alpha value is -2.19. The first-order valence-electron chi connectivity index (χ1n) is 6.89. The lowest BCUT2D eigenvalue weighted by molar-refractivity contribution is 0.326. The van der Waals surface area contributed by atoms with Crippen LogP contribution in [0.25, 0.3) is 10.8 Å². The fourth-order valence-electron chi connectivity index (χ4n) is 2.39. The minimum atomic E-state index is 0.583. The van der Waals surface area contributed by atoms with E-state index in [1.165, 1.54) is 0 Å². The molecule has 3 aromatic carbocycles. The summed E-state index contributed by atoms with van der Waals surface area (Å²) in [6.45, 7) is 0.583. The predicted molar refractivity (Wildman–Crippen MR) is 89.0 cm³/mol.